The molecule has 6 heteroatoms. The molecule has 0 saturated carbocycles. The van der Waals surface area contributed by atoms with Gasteiger partial charge in [0, 0.05) is 11.3 Å². The number of rotatable bonds is 5. The molecule has 0 aromatic heterocycles. The molecule has 1 atom stereocenters. The Morgan fingerprint density at radius 1 is 0.862 bits per heavy atom. The average molecular weight is 386 g/mol. The first kappa shape index (κ1) is 18.6. The van der Waals surface area contributed by atoms with Crippen molar-refractivity contribution in [2.75, 3.05) is 5.32 Å². The molecular formula is C23H18N2O4. The molecule has 1 unspecified atom stereocenters. The van der Waals surface area contributed by atoms with Crippen molar-refractivity contribution in [1.82, 2.24) is 5.06 Å². The van der Waals surface area contributed by atoms with Gasteiger partial charge in [0.1, 0.15) is 12.5 Å². The molecule has 1 heterocycles. The maximum absolute atomic E-state index is 13.1. The predicted octanol–water partition coefficient (Wildman–Crippen LogP) is 3.52. The standard InChI is InChI=1S/C23H18N2O4/c26-21(24-17-11-5-2-6-12-17)20-18-13-7-8-14-19(18)22(27)25(23(20)28)29-15-16-9-3-1-4-10-16/h1-14,20H,15H2,(H,24,26). The molecule has 0 radical (unpaired) electrons. The minimum absolute atomic E-state index is 0.0352. The number of hydroxylamine groups is 2. The monoisotopic (exact) mass is 386 g/mol. The normalized spacial score (nSPS) is 15.7. The Labute approximate surface area is 167 Å². The largest absolute Gasteiger partial charge is 0.325 e. The van der Waals surface area contributed by atoms with Gasteiger partial charge in [0.15, 0.2) is 0 Å². The quantitative estimate of drug-likeness (QED) is 0.538. The van der Waals surface area contributed by atoms with Crippen LogP contribution in [0.2, 0.25) is 0 Å². The highest BCUT2D eigenvalue weighted by Crippen LogP contribution is 2.31. The van der Waals surface area contributed by atoms with E-state index < -0.39 is 23.6 Å². The van der Waals surface area contributed by atoms with E-state index in [0.717, 1.165) is 5.56 Å². The SMILES string of the molecule is O=C(Nc1ccccc1)C1C(=O)N(OCc2ccccc2)C(=O)c2ccccc21. The Kier molecular flexibility index (Phi) is 5.18. The number of hydrogen-bond donors (Lipinski definition) is 1. The Balaban J connectivity index is 1.63. The van der Waals surface area contributed by atoms with Crippen LogP contribution in [0, 0.1) is 0 Å². The molecular weight excluding hydrogens is 368 g/mol. The Morgan fingerprint density at radius 2 is 1.48 bits per heavy atom. The van der Waals surface area contributed by atoms with E-state index >= 15 is 0 Å². The van der Waals surface area contributed by atoms with Crippen LogP contribution in [0.4, 0.5) is 5.69 Å². The van der Waals surface area contributed by atoms with Gasteiger partial charge in [-0.2, -0.15) is 0 Å². The fourth-order valence-electron chi connectivity index (χ4n) is 3.23. The van der Waals surface area contributed by atoms with Crippen LogP contribution in [0.5, 0.6) is 0 Å². The third-order valence-corrected chi connectivity index (χ3v) is 4.64. The highest BCUT2D eigenvalue weighted by atomic mass is 16.7. The lowest BCUT2D eigenvalue weighted by atomic mass is 9.88. The lowest BCUT2D eigenvalue weighted by Crippen LogP contribution is -2.47. The number of carbonyl (C=O) groups is 3. The topological polar surface area (TPSA) is 75.7 Å². The number of fused-ring (bicyclic) bond motifs is 1. The van der Waals surface area contributed by atoms with Crippen molar-refractivity contribution >= 4 is 23.4 Å². The third kappa shape index (κ3) is 3.79. The maximum atomic E-state index is 13.1. The van der Waals surface area contributed by atoms with Gasteiger partial charge in [-0.1, -0.05) is 66.7 Å². The van der Waals surface area contributed by atoms with Gasteiger partial charge in [0.2, 0.25) is 5.91 Å². The maximum Gasteiger partial charge on any atom is 0.285 e. The molecule has 1 aliphatic heterocycles. The number of hydrogen-bond acceptors (Lipinski definition) is 4. The highest BCUT2D eigenvalue weighted by molar-refractivity contribution is 6.20. The van der Waals surface area contributed by atoms with Crippen LogP contribution in [0.1, 0.15) is 27.4 Å². The van der Waals surface area contributed by atoms with Crippen molar-refractivity contribution in [2.24, 2.45) is 0 Å². The van der Waals surface area contributed by atoms with Crippen molar-refractivity contribution in [1.29, 1.82) is 0 Å². The average Bonchev–Trinajstić information content (AvgIpc) is 2.75. The van der Waals surface area contributed by atoms with Crippen molar-refractivity contribution in [3.05, 3.63) is 102 Å². The Hall–Kier alpha value is -3.77. The second-order valence-corrected chi connectivity index (χ2v) is 6.57. The van der Waals surface area contributed by atoms with E-state index in [1.54, 1.807) is 48.5 Å². The van der Waals surface area contributed by atoms with E-state index in [1.165, 1.54) is 0 Å². The summed E-state index contributed by atoms with van der Waals surface area (Å²) in [7, 11) is 0. The van der Waals surface area contributed by atoms with Crippen LogP contribution in [0.3, 0.4) is 0 Å². The van der Waals surface area contributed by atoms with E-state index in [4.69, 9.17) is 4.84 Å². The van der Waals surface area contributed by atoms with Gasteiger partial charge in [-0.05, 0) is 29.3 Å². The summed E-state index contributed by atoms with van der Waals surface area (Å²) in [5.41, 5.74) is 2.01. The van der Waals surface area contributed by atoms with Gasteiger partial charge >= 0.3 is 0 Å². The Morgan fingerprint density at radius 3 is 2.21 bits per heavy atom. The third-order valence-electron chi connectivity index (χ3n) is 4.64. The molecule has 0 bridgehead atoms. The van der Waals surface area contributed by atoms with Gasteiger partial charge in [-0.15, -0.1) is 5.06 Å². The second-order valence-electron chi connectivity index (χ2n) is 6.57. The zero-order valence-corrected chi connectivity index (χ0v) is 15.4. The van der Waals surface area contributed by atoms with E-state index in [2.05, 4.69) is 5.32 Å². The first-order valence-corrected chi connectivity index (χ1v) is 9.15. The van der Waals surface area contributed by atoms with Crippen molar-refractivity contribution in [3.63, 3.8) is 0 Å². The number of para-hydroxylation sites is 1. The number of amides is 3. The van der Waals surface area contributed by atoms with Gasteiger partial charge in [0.05, 0.1) is 0 Å². The van der Waals surface area contributed by atoms with Crippen molar-refractivity contribution in [3.8, 4) is 0 Å². The van der Waals surface area contributed by atoms with Crippen LogP contribution < -0.4 is 5.32 Å². The lowest BCUT2D eigenvalue weighted by Gasteiger charge is -2.30. The zero-order valence-electron chi connectivity index (χ0n) is 15.4. The summed E-state index contributed by atoms with van der Waals surface area (Å²) >= 11 is 0. The molecule has 1 N–H and O–H groups in total. The number of anilines is 1. The number of nitrogens with one attached hydrogen (secondary N) is 1. The minimum Gasteiger partial charge on any atom is -0.325 e. The number of imide groups is 1. The summed E-state index contributed by atoms with van der Waals surface area (Å²) in [5, 5.41) is 3.44. The molecule has 0 spiro atoms. The molecule has 3 amide bonds. The number of nitrogens with zero attached hydrogens (tertiary/aromatic N) is 1. The van der Waals surface area contributed by atoms with Crippen LogP contribution in [-0.4, -0.2) is 22.8 Å². The summed E-state index contributed by atoms with van der Waals surface area (Å²) < 4.78 is 0. The van der Waals surface area contributed by atoms with Crippen LogP contribution in [0.25, 0.3) is 0 Å². The smallest absolute Gasteiger partial charge is 0.285 e. The van der Waals surface area contributed by atoms with Gasteiger partial charge in [-0.25, -0.2) is 0 Å². The van der Waals surface area contributed by atoms with Crippen molar-refractivity contribution < 1.29 is 19.2 Å². The number of carbonyl (C=O) groups excluding carboxylic acids is 3. The molecule has 6 nitrogen and oxygen atoms in total. The molecule has 4 rings (SSSR count). The van der Waals surface area contributed by atoms with E-state index in [-0.39, 0.29) is 12.2 Å². The second kappa shape index (κ2) is 8.08. The molecule has 3 aromatic carbocycles. The Bertz CT molecular complexity index is 1050. The fraction of sp³-hybridized carbons (Fsp3) is 0.0870. The summed E-state index contributed by atoms with van der Waals surface area (Å²) in [6.07, 6.45) is 0. The van der Waals surface area contributed by atoms with Gasteiger partial charge in [-0.3, -0.25) is 19.2 Å². The van der Waals surface area contributed by atoms with Crippen LogP contribution in [0.15, 0.2) is 84.9 Å². The first-order valence-electron chi connectivity index (χ1n) is 9.15. The highest BCUT2D eigenvalue weighted by Gasteiger charge is 2.43. The minimum atomic E-state index is -1.18. The van der Waals surface area contributed by atoms with E-state index in [0.29, 0.717) is 16.3 Å². The molecule has 144 valence electrons. The van der Waals surface area contributed by atoms with E-state index in [1.807, 2.05) is 36.4 Å². The first-order chi connectivity index (χ1) is 14.1. The fourth-order valence-corrected chi connectivity index (χ4v) is 3.23. The van der Waals surface area contributed by atoms with Gasteiger partial charge in [0.25, 0.3) is 11.8 Å². The van der Waals surface area contributed by atoms with Gasteiger partial charge < -0.3 is 5.32 Å². The molecule has 29 heavy (non-hydrogen) atoms. The molecule has 0 fully saturated rings. The predicted molar refractivity (Wildman–Crippen MR) is 107 cm³/mol. The molecule has 0 saturated heterocycles. The lowest BCUT2D eigenvalue weighted by molar-refractivity contribution is -0.177. The summed E-state index contributed by atoms with van der Waals surface area (Å²) in [4.78, 5) is 44.4. The molecule has 1 aliphatic rings. The van der Waals surface area contributed by atoms with Crippen molar-refractivity contribution in [2.45, 2.75) is 12.5 Å². The molecule has 0 aliphatic carbocycles. The summed E-state index contributed by atoms with van der Waals surface area (Å²) in [6, 6.07) is 24.6. The summed E-state index contributed by atoms with van der Waals surface area (Å²) in [6.45, 7) is 0.0352. The zero-order chi connectivity index (χ0) is 20.2. The van der Waals surface area contributed by atoms with Crippen LogP contribution >= 0.6 is 0 Å². The number of benzene rings is 3. The van der Waals surface area contributed by atoms with Crippen LogP contribution in [-0.2, 0) is 21.0 Å². The summed E-state index contributed by atoms with van der Waals surface area (Å²) in [5.74, 6) is -2.99. The molecule has 3 aromatic rings. The van der Waals surface area contributed by atoms with E-state index in [9.17, 15) is 14.4 Å².